The molecule has 3 fully saturated rings. The molecule has 3 heterocycles. The van der Waals surface area contributed by atoms with Crippen molar-refractivity contribution in [3.8, 4) is 5.75 Å². The highest BCUT2D eigenvalue weighted by molar-refractivity contribution is 7.90. The summed E-state index contributed by atoms with van der Waals surface area (Å²) in [7, 11) is -1.93. The minimum atomic E-state index is -3.50. The minimum absolute atomic E-state index is 0.0112. The molecule has 2 aliphatic heterocycles. The normalized spacial score (nSPS) is 27.2. The van der Waals surface area contributed by atoms with Crippen LogP contribution < -0.4 is 14.8 Å². The maximum absolute atomic E-state index is 13.7. The quantitative estimate of drug-likeness (QED) is 0.477. The second kappa shape index (κ2) is 10.1. The van der Waals surface area contributed by atoms with Crippen molar-refractivity contribution < 1.29 is 27.5 Å². The summed E-state index contributed by atoms with van der Waals surface area (Å²) in [5.74, 6) is 0.0190. The number of ketones is 1. The number of H-pyrrole nitrogens is 1. The van der Waals surface area contributed by atoms with Crippen LogP contribution in [-0.2, 0) is 19.6 Å². The van der Waals surface area contributed by atoms with Gasteiger partial charge in [-0.1, -0.05) is 19.4 Å². The summed E-state index contributed by atoms with van der Waals surface area (Å²) < 4.78 is 32.5. The number of hydrogen-bond donors (Lipinski definition) is 3. The zero-order valence-corrected chi connectivity index (χ0v) is 22.0. The van der Waals surface area contributed by atoms with E-state index < -0.39 is 27.4 Å². The van der Waals surface area contributed by atoms with Crippen LogP contribution in [0, 0.1) is 11.8 Å². The third-order valence-corrected chi connectivity index (χ3v) is 10.2. The third kappa shape index (κ3) is 4.74. The predicted octanol–water partition coefficient (Wildman–Crippen LogP) is 1.96. The molecule has 3 aliphatic rings. The average molecular weight is 531 g/mol. The number of likely N-dealkylation sites (tertiary alicyclic amines) is 1. The van der Waals surface area contributed by atoms with Crippen LogP contribution in [0.5, 0.6) is 5.75 Å². The summed E-state index contributed by atoms with van der Waals surface area (Å²) in [6, 6.07) is 5.66. The first-order valence-corrected chi connectivity index (χ1v) is 14.6. The summed E-state index contributed by atoms with van der Waals surface area (Å²) in [6.45, 7) is 2.50. The number of nitrogens with zero attached hydrogens (tertiary/aromatic N) is 1. The van der Waals surface area contributed by atoms with E-state index in [1.807, 2.05) is 18.2 Å². The molecule has 1 saturated carbocycles. The number of fused-ring (bicyclic) bond motifs is 2. The van der Waals surface area contributed by atoms with Crippen molar-refractivity contribution in [1.29, 1.82) is 0 Å². The Labute approximate surface area is 216 Å². The lowest BCUT2D eigenvalue weighted by Crippen LogP contribution is -2.53. The number of ether oxygens (including phenoxy) is 1. The Morgan fingerprint density at radius 2 is 2.03 bits per heavy atom. The number of benzene rings is 1. The Kier molecular flexibility index (Phi) is 7.01. The number of nitrogens with one attached hydrogen (secondary N) is 3. The second-order valence-electron chi connectivity index (χ2n) is 10.3. The lowest BCUT2D eigenvalue weighted by Gasteiger charge is -2.29. The molecule has 5 atom stereocenters. The molecule has 0 spiro atoms. The van der Waals surface area contributed by atoms with E-state index in [2.05, 4.69) is 15.0 Å². The summed E-state index contributed by atoms with van der Waals surface area (Å²) in [6.07, 6.45) is 3.39. The molecule has 2 aromatic rings. The van der Waals surface area contributed by atoms with Crippen LogP contribution in [0.15, 0.2) is 24.3 Å². The number of rotatable bonds is 8. The maximum Gasteiger partial charge on any atom is 0.271 e. The van der Waals surface area contributed by atoms with Crippen LogP contribution in [0.3, 0.4) is 0 Å². The number of aromatic amines is 1. The van der Waals surface area contributed by atoms with Crippen LogP contribution in [0.2, 0.25) is 0 Å². The lowest BCUT2D eigenvalue weighted by molar-refractivity contribution is -0.131. The minimum Gasteiger partial charge on any atom is -0.496 e. The SMILES string of the molecule is CCC(=O)[C@H](C[C@@H]1CCNS1(=O)=O)NC(=O)[C@@H]1[C@H]2CCC[C@H]2CN1C(=O)c1cc2c(OC)cccc2[nH]1. The average Bonchev–Trinajstić information content (AvgIpc) is 3.65. The zero-order valence-electron chi connectivity index (χ0n) is 21.2. The molecule has 0 bridgehead atoms. The van der Waals surface area contributed by atoms with Crippen molar-refractivity contribution in [1.82, 2.24) is 19.9 Å². The fourth-order valence-corrected chi connectivity index (χ4v) is 7.85. The van der Waals surface area contributed by atoms with Gasteiger partial charge >= 0.3 is 0 Å². The number of sulfonamides is 1. The van der Waals surface area contributed by atoms with Crippen molar-refractivity contribution in [2.45, 2.75) is 62.8 Å². The summed E-state index contributed by atoms with van der Waals surface area (Å²) >= 11 is 0. The molecular weight excluding hydrogens is 496 g/mol. The van der Waals surface area contributed by atoms with Gasteiger partial charge < -0.3 is 19.9 Å². The van der Waals surface area contributed by atoms with E-state index in [0.29, 0.717) is 31.0 Å². The van der Waals surface area contributed by atoms with Gasteiger partial charge in [-0.3, -0.25) is 14.4 Å². The summed E-state index contributed by atoms with van der Waals surface area (Å²) in [5, 5.41) is 2.92. The number of methoxy groups -OCH3 is 1. The Balaban J connectivity index is 1.40. The van der Waals surface area contributed by atoms with Gasteiger partial charge in [0.1, 0.15) is 17.5 Å². The van der Waals surface area contributed by atoms with E-state index in [1.165, 1.54) is 0 Å². The molecule has 11 heteroatoms. The largest absolute Gasteiger partial charge is 0.496 e. The molecule has 10 nitrogen and oxygen atoms in total. The highest BCUT2D eigenvalue weighted by Crippen LogP contribution is 2.43. The second-order valence-corrected chi connectivity index (χ2v) is 12.4. The van der Waals surface area contributed by atoms with Gasteiger partial charge in [0.2, 0.25) is 15.9 Å². The van der Waals surface area contributed by atoms with Crippen LogP contribution in [0.1, 0.15) is 55.9 Å². The first-order chi connectivity index (χ1) is 17.7. The van der Waals surface area contributed by atoms with Crippen molar-refractivity contribution in [2.75, 3.05) is 20.2 Å². The van der Waals surface area contributed by atoms with E-state index in [0.717, 1.165) is 30.2 Å². The van der Waals surface area contributed by atoms with Gasteiger partial charge in [-0.05, 0) is 55.7 Å². The monoisotopic (exact) mass is 530 g/mol. The Morgan fingerprint density at radius 1 is 1.22 bits per heavy atom. The molecule has 1 aromatic carbocycles. The highest BCUT2D eigenvalue weighted by Gasteiger charge is 2.50. The molecule has 2 amide bonds. The first kappa shape index (κ1) is 25.7. The standard InChI is InChI=1S/C26H34N4O6S/c1-3-22(31)20(12-16-10-11-27-37(16,34)35)29-25(32)24-17-7-4-6-15(17)14-30(24)26(33)21-13-18-19(28-21)8-5-9-23(18)36-2/h5,8-9,13,15-17,20,24,27-28H,3-4,6-7,10-12,14H2,1-2H3,(H,29,32)/t15-,16-,17-,20-,24-/m0/s1. The van der Waals surface area contributed by atoms with Gasteiger partial charge in [0.05, 0.1) is 18.4 Å². The van der Waals surface area contributed by atoms with Gasteiger partial charge in [0.15, 0.2) is 5.78 Å². The van der Waals surface area contributed by atoms with E-state index >= 15 is 0 Å². The molecule has 0 radical (unpaired) electrons. The van der Waals surface area contributed by atoms with E-state index in [1.54, 1.807) is 25.0 Å². The number of carbonyl (C=O) groups excluding carboxylic acids is 3. The van der Waals surface area contributed by atoms with E-state index in [9.17, 15) is 22.8 Å². The van der Waals surface area contributed by atoms with Crippen molar-refractivity contribution >= 4 is 38.5 Å². The molecule has 200 valence electrons. The third-order valence-electron chi connectivity index (χ3n) is 8.25. The first-order valence-electron chi connectivity index (χ1n) is 13.0. The Morgan fingerprint density at radius 3 is 2.73 bits per heavy atom. The molecule has 37 heavy (non-hydrogen) atoms. The molecule has 1 aromatic heterocycles. The highest BCUT2D eigenvalue weighted by atomic mass is 32.2. The van der Waals surface area contributed by atoms with Crippen LogP contribution >= 0.6 is 0 Å². The molecule has 5 rings (SSSR count). The molecule has 2 saturated heterocycles. The fourth-order valence-electron chi connectivity index (χ4n) is 6.34. The maximum atomic E-state index is 13.7. The Bertz CT molecular complexity index is 1320. The topological polar surface area (TPSA) is 138 Å². The number of carbonyl (C=O) groups is 3. The number of amides is 2. The summed E-state index contributed by atoms with van der Waals surface area (Å²) in [5.41, 5.74) is 1.14. The lowest BCUT2D eigenvalue weighted by atomic mass is 9.92. The van der Waals surface area contributed by atoms with Crippen LogP contribution in [-0.4, -0.2) is 73.4 Å². The van der Waals surface area contributed by atoms with Crippen molar-refractivity contribution in [2.24, 2.45) is 11.8 Å². The number of aromatic nitrogens is 1. The van der Waals surface area contributed by atoms with Crippen molar-refractivity contribution in [3.63, 3.8) is 0 Å². The van der Waals surface area contributed by atoms with E-state index in [-0.39, 0.29) is 42.3 Å². The van der Waals surface area contributed by atoms with Gasteiger partial charge in [-0.2, -0.15) is 0 Å². The van der Waals surface area contributed by atoms with Gasteiger partial charge in [0.25, 0.3) is 5.91 Å². The fraction of sp³-hybridized carbons (Fsp3) is 0.577. The molecule has 0 unspecified atom stereocenters. The zero-order chi connectivity index (χ0) is 26.3. The number of Topliss-reactive ketones (excluding diaryl/α,β-unsaturated/α-hetero) is 1. The molecule has 3 N–H and O–H groups in total. The predicted molar refractivity (Wildman–Crippen MR) is 138 cm³/mol. The molecule has 1 aliphatic carbocycles. The summed E-state index contributed by atoms with van der Waals surface area (Å²) in [4.78, 5) is 45.0. The van der Waals surface area contributed by atoms with Gasteiger partial charge in [-0.15, -0.1) is 0 Å². The van der Waals surface area contributed by atoms with Gasteiger partial charge in [0, 0.05) is 30.4 Å². The van der Waals surface area contributed by atoms with Crippen LogP contribution in [0.25, 0.3) is 10.9 Å². The smallest absolute Gasteiger partial charge is 0.271 e. The van der Waals surface area contributed by atoms with Crippen molar-refractivity contribution in [3.05, 3.63) is 30.0 Å². The number of hydrogen-bond acceptors (Lipinski definition) is 6. The van der Waals surface area contributed by atoms with Crippen LogP contribution in [0.4, 0.5) is 0 Å². The van der Waals surface area contributed by atoms with Gasteiger partial charge in [-0.25, -0.2) is 13.1 Å². The Hall–Kier alpha value is -2.92. The molecular formula is C26H34N4O6S. The van der Waals surface area contributed by atoms with E-state index in [4.69, 9.17) is 4.74 Å².